The molecule has 102 valence electrons. The molecule has 2 unspecified atom stereocenters. The predicted octanol–water partition coefficient (Wildman–Crippen LogP) is 1.20. The number of aliphatic hydroxyl groups is 1. The first-order valence-corrected chi connectivity index (χ1v) is 7.42. The highest BCUT2D eigenvalue weighted by Crippen LogP contribution is 2.30. The standard InChI is InChI=1S/C13H23N3OS/c1-9(14-7-10(17)8-16(2)3)13-15-11-5-4-6-12(11)18-13/h9-10,14,17H,4-8H2,1-3H3. The number of aliphatic hydroxyl groups excluding tert-OH is 1. The van der Waals surface area contributed by atoms with Crippen LogP contribution in [-0.4, -0.2) is 48.3 Å². The van der Waals surface area contributed by atoms with E-state index in [0.717, 1.165) is 11.4 Å². The molecule has 4 nitrogen and oxygen atoms in total. The molecule has 1 heterocycles. The number of hydrogen-bond acceptors (Lipinski definition) is 5. The minimum atomic E-state index is -0.325. The number of aromatic nitrogens is 1. The molecule has 2 atom stereocenters. The Morgan fingerprint density at radius 3 is 2.89 bits per heavy atom. The maximum absolute atomic E-state index is 9.81. The molecule has 0 aliphatic heterocycles. The number of hydrogen-bond donors (Lipinski definition) is 2. The van der Waals surface area contributed by atoms with Crippen molar-refractivity contribution in [3.05, 3.63) is 15.6 Å². The van der Waals surface area contributed by atoms with Gasteiger partial charge in [0, 0.05) is 18.0 Å². The molecule has 0 bridgehead atoms. The van der Waals surface area contributed by atoms with Crippen molar-refractivity contribution in [2.24, 2.45) is 0 Å². The molecule has 0 saturated carbocycles. The molecule has 0 aromatic carbocycles. The summed E-state index contributed by atoms with van der Waals surface area (Å²) in [6.07, 6.45) is 3.28. The van der Waals surface area contributed by atoms with Gasteiger partial charge in [-0.2, -0.15) is 0 Å². The summed E-state index contributed by atoms with van der Waals surface area (Å²) >= 11 is 1.83. The van der Waals surface area contributed by atoms with Gasteiger partial charge in [-0.3, -0.25) is 0 Å². The van der Waals surface area contributed by atoms with Gasteiger partial charge in [0.05, 0.1) is 17.8 Å². The molecule has 1 aliphatic carbocycles. The van der Waals surface area contributed by atoms with Crippen LogP contribution in [0.4, 0.5) is 0 Å². The highest BCUT2D eigenvalue weighted by molar-refractivity contribution is 7.11. The molecule has 0 fully saturated rings. The molecule has 5 heteroatoms. The Kier molecular flexibility index (Phi) is 4.72. The summed E-state index contributed by atoms with van der Waals surface area (Å²) in [5.41, 5.74) is 1.30. The summed E-state index contributed by atoms with van der Waals surface area (Å²) in [6, 6.07) is 0.234. The Bertz CT molecular complexity index is 370. The van der Waals surface area contributed by atoms with Crippen LogP contribution in [0.15, 0.2) is 0 Å². The fourth-order valence-electron chi connectivity index (χ4n) is 2.28. The molecule has 0 spiro atoms. The smallest absolute Gasteiger partial charge is 0.110 e. The van der Waals surface area contributed by atoms with Crippen LogP contribution >= 0.6 is 11.3 Å². The molecule has 2 N–H and O–H groups in total. The maximum atomic E-state index is 9.81. The largest absolute Gasteiger partial charge is 0.390 e. The van der Waals surface area contributed by atoms with Crippen molar-refractivity contribution in [3.63, 3.8) is 0 Å². The van der Waals surface area contributed by atoms with Gasteiger partial charge >= 0.3 is 0 Å². The van der Waals surface area contributed by atoms with Gasteiger partial charge in [0.2, 0.25) is 0 Å². The summed E-state index contributed by atoms with van der Waals surface area (Å²) in [5.74, 6) is 0. The lowest BCUT2D eigenvalue weighted by Crippen LogP contribution is -2.36. The molecule has 0 amide bonds. The van der Waals surface area contributed by atoms with E-state index in [1.165, 1.54) is 23.4 Å². The molecule has 18 heavy (non-hydrogen) atoms. The summed E-state index contributed by atoms with van der Waals surface area (Å²) in [5, 5.41) is 14.3. The minimum absolute atomic E-state index is 0.234. The van der Waals surface area contributed by atoms with E-state index < -0.39 is 0 Å². The topological polar surface area (TPSA) is 48.4 Å². The van der Waals surface area contributed by atoms with E-state index in [1.54, 1.807) is 0 Å². The van der Waals surface area contributed by atoms with Crippen molar-refractivity contribution < 1.29 is 5.11 Å². The van der Waals surface area contributed by atoms with Crippen LogP contribution in [0.1, 0.15) is 35.0 Å². The van der Waals surface area contributed by atoms with Crippen molar-refractivity contribution in [2.45, 2.75) is 38.3 Å². The van der Waals surface area contributed by atoms with Crippen LogP contribution < -0.4 is 5.32 Å². The third kappa shape index (κ3) is 3.51. The van der Waals surface area contributed by atoms with Gasteiger partial charge in [-0.15, -0.1) is 11.3 Å². The van der Waals surface area contributed by atoms with Gasteiger partial charge in [-0.1, -0.05) is 0 Å². The van der Waals surface area contributed by atoms with Gasteiger partial charge in [-0.05, 0) is 40.3 Å². The fourth-order valence-corrected chi connectivity index (χ4v) is 3.46. The van der Waals surface area contributed by atoms with E-state index in [-0.39, 0.29) is 12.1 Å². The molecule has 2 rings (SSSR count). The first-order chi connectivity index (χ1) is 8.56. The Labute approximate surface area is 113 Å². The van der Waals surface area contributed by atoms with Crippen LogP contribution in [0.3, 0.4) is 0 Å². The monoisotopic (exact) mass is 269 g/mol. The van der Waals surface area contributed by atoms with Gasteiger partial charge in [0.1, 0.15) is 5.01 Å². The van der Waals surface area contributed by atoms with Crippen LogP contribution in [-0.2, 0) is 12.8 Å². The number of aryl methyl sites for hydroxylation is 2. The summed E-state index contributed by atoms with van der Waals surface area (Å²) < 4.78 is 0. The van der Waals surface area contributed by atoms with Crippen LogP contribution in [0, 0.1) is 0 Å². The summed E-state index contributed by atoms with van der Waals surface area (Å²) in [6.45, 7) is 3.42. The highest BCUT2D eigenvalue weighted by Gasteiger charge is 2.19. The number of thiazole rings is 1. The summed E-state index contributed by atoms with van der Waals surface area (Å²) in [4.78, 5) is 8.15. The molecule has 1 aromatic rings. The van der Waals surface area contributed by atoms with E-state index in [9.17, 15) is 5.11 Å². The van der Waals surface area contributed by atoms with Crippen molar-refractivity contribution in [1.29, 1.82) is 0 Å². The number of likely N-dealkylation sites (N-methyl/N-ethyl adjacent to an activating group) is 1. The van der Waals surface area contributed by atoms with Gasteiger partial charge in [-0.25, -0.2) is 4.98 Å². The second-order valence-electron chi connectivity index (χ2n) is 5.32. The van der Waals surface area contributed by atoms with Crippen molar-refractivity contribution in [1.82, 2.24) is 15.2 Å². The number of fused-ring (bicyclic) bond motifs is 1. The van der Waals surface area contributed by atoms with E-state index in [1.807, 2.05) is 30.3 Å². The van der Waals surface area contributed by atoms with E-state index >= 15 is 0 Å². The molecular weight excluding hydrogens is 246 g/mol. The average Bonchev–Trinajstić information content (AvgIpc) is 2.84. The zero-order valence-corrected chi connectivity index (χ0v) is 12.3. The molecular formula is C13H23N3OS. The average molecular weight is 269 g/mol. The second kappa shape index (κ2) is 6.10. The van der Waals surface area contributed by atoms with Gasteiger partial charge in [0.15, 0.2) is 0 Å². The maximum Gasteiger partial charge on any atom is 0.110 e. The van der Waals surface area contributed by atoms with Gasteiger partial charge < -0.3 is 15.3 Å². The van der Waals surface area contributed by atoms with Crippen molar-refractivity contribution in [2.75, 3.05) is 27.2 Å². The van der Waals surface area contributed by atoms with Gasteiger partial charge in [0.25, 0.3) is 0 Å². The van der Waals surface area contributed by atoms with E-state index in [0.29, 0.717) is 13.1 Å². The predicted molar refractivity (Wildman–Crippen MR) is 75.1 cm³/mol. The van der Waals surface area contributed by atoms with Crippen LogP contribution in [0.25, 0.3) is 0 Å². The normalized spacial score (nSPS) is 18.1. The van der Waals surface area contributed by atoms with Crippen LogP contribution in [0.5, 0.6) is 0 Å². The minimum Gasteiger partial charge on any atom is -0.390 e. The van der Waals surface area contributed by atoms with E-state index in [2.05, 4.69) is 12.2 Å². The second-order valence-corrected chi connectivity index (χ2v) is 6.44. The Hall–Kier alpha value is -0.490. The zero-order chi connectivity index (χ0) is 13.1. The summed E-state index contributed by atoms with van der Waals surface area (Å²) in [7, 11) is 3.94. The van der Waals surface area contributed by atoms with Crippen LogP contribution in [0.2, 0.25) is 0 Å². The molecule has 1 aliphatic rings. The Balaban J connectivity index is 1.82. The Morgan fingerprint density at radius 1 is 1.44 bits per heavy atom. The lowest BCUT2D eigenvalue weighted by atomic mass is 10.3. The Morgan fingerprint density at radius 2 is 2.22 bits per heavy atom. The third-order valence-corrected chi connectivity index (χ3v) is 4.56. The molecule has 0 radical (unpaired) electrons. The highest BCUT2D eigenvalue weighted by atomic mass is 32.1. The quantitative estimate of drug-likeness (QED) is 0.815. The third-order valence-electron chi connectivity index (χ3n) is 3.22. The first-order valence-electron chi connectivity index (χ1n) is 6.61. The zero-order valence-electron chi connectivity index (χ0n) is 11.4. The number of nitrogens with one attached hydrogen (secondary N) is 1. The fraction of sp³-hybridized carbons (Fsp3) is 0.769. The lowest BCUT2D eigenvalue weighted by Gasteiger charge is -2.18. The number of rotatable bonds is 6. The number of nitrogens with zero attached hydrogens (tertiary/aromatic N) is 2. The first kappa shape index (κ1) is 13.9. The molecule has 0 saturated heterocycles. The van der Waals surface area contributed by atoms with Crippen molar-refractivity contribution in [3.8, 4) is 0 Å². The van der Waals surface area contributed by atoms with Crippen molar-refractivity contribution >= 4 is 11.3 Å². The lowest BCUT2D eigenvalue weighted by molar-refractivity contribution is 0.132. The van der Waals surface area contributed by atoms with E-state index in [4.69, 9.17) is 4.98 Å². The molecule has 1 aromatic heterocycles. The SMILES string of the molecule is CC(NCC(O)CN(C)C)c1nc2c(s1)CCC2.